The van der Waals surface area contributed by atoms with Crippen LogP contribution in [0.15, 0.2) is 31.1 Å². The third-order valence-corrected chi connectivity index (χ3v) is 3.67. The maximum atomic E-state index is 10.6. The summed E-state index contributed by atoms with van der Waals surface area (Å²) in [5.41, 5.74) is -0.677. The highest BCUT2D eigenvalue weighted by Crippen LogP contribution is 2.26. The molecule has 1 atom stereocenters. The molecule has 0 aliphatic carbocycles. The summed E-state index contributed by atoms with van der Waals surface area (Å²) in [5, 5.41) is 10.6. The smallest absolute Gasteiger partial charge is 0.143 e. The zero-order valence-corrected chi connectivity index (χ0v) is 12.3. The van der Waals surface area contributed by atoms with Crippen LogP contribution in [0.5, 0.6) is 0 Å². The summed E-state index contributed by atoms with van der Waals surface area (Å²) in [6.07, 6.45) is 7.56. The van der Waals surface area contributed by atoms with Crippen LogP contribution in [-0.4, -0.2) is 68.9 Å². The van der Waals surface area contributed by atoms with Gasteiger partial charge in [0.2, 0.25) is 0 Å². The SMILES string of the molecule is CN(C)CC1(O)CCN(c2cc(-n3ccnc3)ncn2)C1. The molecule has 1 saturated heterocycles. The van der Waals surface area contributed by atoms with Crippen LogP contribution in [-0.2, 0) is 0 Å². The summed E-state index contributed by atoms with van der Waals surface area (Å²) in [7, 11) is 3.95. The van der Waals surface area contributed by atoms with Crippen molar-refractivity contribution in [2.24, 2.45) is 0 Å². The number of imidazole rings is 1. The average Bonchev–Trinajstić information content (AvgIpc) is 3.08. The number of β-amino-alcohol motifs (C(OH)–C–C–N with tert-alkyl or cyclic N) is 1. The summed E-state index contributed by atoms with van der Waals surface area (Å²) >= 11 is 0. The lowest BCUT2D eigenvalue weighted by atomic mass is 10.0. The fraction of sp³-hybridized carbons (Fsp3) is 0.500. The number of aliphatic hydroxyl groups is 1. The van der Waals surface area contributed by atoms with E-state index < -0.39 is 5.60 Å². The highest BCUT2D eigenvalue weighted by Gasteiger charge is 2.37. The Kier molecular flexibility index (Phi) is 3.60. The van der Waals surface area contributed by atoms with E-state index in [2.05, 4.69) is 19.9 Å². The molecule has 112 valence electrons. The predicted molar refractivity (Wildman–Crippen MR) is 79.5 cm³/mol. The molecule has 0 amide bonds. The molecule has 0 bridgehead atoms. The molecule has 0 saturated carbocycles. The first-order valence-electron chi connectivity index (χ1n) is 6.98. The molecule has 2 aromatic heterocycles. The molecule has 0 radical (unpaired) electrons. The molecule has 1 aliphatic rings. The van der Waals surface area contributed by atoms with E-state index >= 15 is 0 Å². The Balaban J connectivity index is 1.78. The molecule has 7 heteroatoms. The zero-order chi connectivity index (χ0) is 14.9. The minimum absolute atomic E-state index is 0.589. The van der Waals surface area contributed by atoms with Crippen LogP contribution in [0, 0.1) is 0 Å². The minimum Gasteiger partial charge on any atom is -0.387 e. The number of likely N-dealkylation sites (N-methyl/N-ethyl adjacent to an activating group) is 1. The summed E-state index contributed by atoms with van der Waals surface area (Å²) in [5.74, 6) is 1.61. The minimum atomic E-state index is -0.677. The van der Waals surface area contributed by atoms with E-state index in [0.717, 1.165) is 24.6 Å². The first kappa shape index (κ1) is 14.0. The van der Waals surface area contributed by atoms with Crippen molar-refractivity contribution < 1.29 is 5.11 Å². The van der Waals surface area contributed by atoms with Gasteiger partial charge in [-0.15, -0.1) is 0 Å². The molecule has 0 spiro atoms. The second kappa shape index (κ2) is 5.42. The zero-order valence-electron chi connectivity index (χ0n) is 12.3. The maximum absolute atomic E-state index is 10.6. The normalized spacial score (nSPS) is 22.2. The highest BCUT2D eigenvalue weighted by molar-refractivity contribution is 5.45. The highest BCUT2D eigenvalue weighted by atomic mass is 16.3. The number of anilines is 1. The Bertz CT molecular complexity index is 599. The number of hydrogen-bond donors (Lipinski definition) is 1. The Morgan fingerprint density at radius 2 is 2.14 bits per heavy atom. The summed E-state index contributed by atoms with van der Waals surface area (Å²) < 4.78 is 1.84. The molecule has 3 heterocycles. The van der Waals surface area contributed by atoms with Gasteiger partial charge in [-0.2, -0.15) is 0 Å². The molecule has 1 aliphatic heterocycles. The van der Waals surface area contributed by atoms with Gasteiger partial charge in [0, 0.05) is 38.1 Å². The third kappa shape index (κ3) is 3.03. The third-order valence-electron chi connectivity index (χ3n) is 3.67. The monoisotopic (exact) mass is 288 g/mol. The Labute approximate surface area is 123 Å². The van der Waals surface area contributed by atoms with Crippen molar-refractivity contribution in [2.75, 3.05) is 38.6 Å². The molecular formula is C14H20N6O. The van der Waals surface area contributed by atoms with Crippen LogP contribution in [0.4, 0.5) is 5.82 Å². The quantitative estimate of drug-likeness (QED) is 0.864. The van der Waals surface area contributed by atoms with Crippen molar-refractivity contribution in [3.05, 3.63) is 31.1 Å². The first-order chi connectivity index (χ1) is 10.1. The van der Waals surface area contributed by atoms with Gasteiger partial charge in [-0.1, -0.05) is 0 Å². The lowest BCUT2D eigenvalue weighted by molar-refractivity contribution is 0.0365. The fourth-order valence-electron chi connectivity index (χ4n) is 2.82. The van der Waals surface area contributed by atoms with Crippen molar-refractivity contribution in [2.45, 2.75) is 12.0 Å². The predicted octanol–water partition coefficient (Wildman–Crippen LogP) is 0.165. The van der Waals surface area contributed by atoms with E-state index in [1.54, 1.807) is 18.9 Å². The van der Waals surface area contributed by atoms with E-state index in [1.807, 2.05) is 35.8 Å². The van der Waals surface area contributed by atoms with Crippen molar-refractivity contribution in [1.82, 2.24) is 24.4 Å². The van der Waals surface area contributed by atoms with E-state index in [4.69, 9.17) is 0 Å². The van der Waals surface area contributed by atoms with E-state index in [-0.39, 0.29) is 0 Å². The van der Waals surface area contributed by atoms with Crippen molar-refractivity contribution >= 4 is 5.82 Å². The van der Waals surface area contributed by atoms with Gasteiger partial charge < -0.3 is 14.9 Å². The molecular weight excluding hydrogens is 268 g/mol. The van der Waals surface area contributed by atoms with Gasteiger partial charge in [0.1, 0.15) is 24.3 Å². The van der Waals surface area contributed by atoms with Crippen LogP contribution < -0.4 is 4.90 Å². The molecule has 1 fully saturated rings. The van der Waals surface area contributed by atoms with Gasteiger partial charge >= 0.3 is 0 Å². The summed E-state index contributed by atoms with van der Waals surface area (Å²) in [6, 6.07) is 1.92. The second-order valence-electron chi connectivity index (χ2n) is 5.84. The number of nitrogens with zero attached hydrogens (tertiary/aromatic N) is 6. The molecule has 7 nitrogen and oxygen atoms in total. The van der Waals surface area contributed by atoms with E-state index in [9.17, 15) is 5.11 Å². The van der Waals surface area contributed by atoms with Crippen molar-refractivity contribution in [1.29, 1.82) is 0 Å². The molecule has 1 unspecified atom stereocenters. The molecule has 1 N–H and O–H groups in total. The van der Waals surface area contributed by atoms with Crippen molar-refractivity contribution in [3.63, 3.8) is 0 Å². The van der Waals surface area contributed by atoms with Crippen LogP contribution in [0.25, 0.3) is 5.82 Å². The number of rotatable bonds is 4. The fourth-order valence-corrected chi connectivity index (χ4v) is 2.82. The molecule has 3 rings (SSSR count). The van der Waals surface area contributed by atoms with Gasteiger partial charge in [0.25, 0.3) is 0 Å². The summed E-state index contributed by atoms with van der Waals surface area (Å²) in [6.45, 7) is 2.04. The maximum Gasteiger partial charge on any atom is 0.143 e. The molecule has 2 aromatic rings. The van der Waals surface area contributed by atoms with Gasteiger partial charge in [0.15, 0.2) is 0 Å². The lowest BCUT2D eigenvalue weighted by Crippen LogP contribution is -2.42. The van der Waals surface area contributed by atoms with E-state index in [1.165, 1.54) is 0 Å². The average molecular weight is 288 g/mol. The van der Waals surface area contributed by atoms with Gasteiger partial charge in [-0.05, 0) is 20.5 Å². The standard InChI is InChI=1S/C14H20N6O/c1-18(2)8-14(21)3-5-19(9-14)12-7-13(17-10-16-12)20-6-4-15-11-20/h4,6-7,10-11,21H,3,5,8-9H2,1-2H3. The first-order valence-corrected chi connectivity index (χ1v) is 6.98. The molecule has 21 heavy (non-hydrogen) atoms. The van der Waals surface area contributed by atoms with Crippen LogP contribution >= 0.6 is 0 Å². The topological polar surface area (TPSA) is 70.3 Å². The Hall–Kier alpha value is -1.99. The largest absolute Gasteiger partial charge is 0.387 e. The second-order valence-corrected chi connectivity index (χ2v) is 5.84. The van der Waals surface area contributed by atoms with E-state index in [0.29, 0.717) is 13.1 Å². The Morgan fingerprint density at radius 3 is 2.86 bits per heavy atom. The number of hydrogen-bond acceptors (Lipinski definition) is 6. The Morgan fingerprint density at radius 1 is 1.33 bits per heavy atom. The van der Waals surface area contributed by atoms with Crippen LogP contribution in [0.3, 0.4) is 0 Å². The lowest BCUT2D eigenvalue weighted by Gasteiger charge is -2.27. The van der Waals surface area contributed by atoms with Crippen LogP contribution in [0.2, 0.25) is 0 Å². The van der Waals surface area contributed by atoms with Gasteiger partial charge in [-0.25, -0.2) is 15.0 Å². The molecule has 0 aromatic carbocycles. The number of aromatic nitrogens is 4. The van der Waals surface area contributed by atoms with Gasteiger partial charge in [0.05, 0.1) is 5.60 Å². The van der Waals surface area contributed by atoms with Crippen molar-refractivity contribution in [3.8, 4) is 5.82 Å². The summed E-state index contributed by atoms with van der Waals surface area (Å²) in [4.78, 5) is 16.7. The van der Waals surface area contributed by atoms with Gasteiger partial charge in [-0.3, -0.25) is 4.57 Å². The van der Waals surface area contributed by atoms with Crippen LogP contribution in [0.1, 0.15) is 6.42 Å².